The van der Waals surface area contributed by atoms with E-state index in [1.54, 1.807) is 0 Å². The van der Waals surface area contributed by atoms with E-state index < -0.39 is 0 Å². The van der Waals surface area contributed by atoms with Crippen molar-refractivity contribution in [3.63, 3.8) is 0 Å². The molecule has 0 spiro atoms. The summed E-state index contributed by atoms with van der Waals surface area (Å²) < 4.78 is 1.15. The van der Waals surface area contributed by atoms with Crippen molar-refractivity contribution in [2.24, 2.45) is 0 Å². The summed E-state index contributed by atoms with van der Waals surface area (Å²) in [6, 6.07) is 17.2. The number of halogens is 1. The molecule has 0 amide bonds. The average Bonchev–Trinajstić information content (AvgIpc) is 2.67. The molecule has 0 radical (unpaired) electrons. The van der Waals surface area contributed by atoms with Crippen LogP contribution < -0.4 is 0 Å². The largest absolute Gasteiger partial charge is 0.0688 e. The summed E-state index contributed by atoms with van der Waals surface area (Å²) in [7, 11) is 0. The first-order valence-corrected chi connectivity index (χ1v) is 6.62. The van der Waals surface area contributed by atoms with Crippen molar-refractivity contribution >= 4 is 21.5 Å². The van der Waals surface area contributed by atoms with Gasteiger partial charge in [0.2, 0.25) is 0 Å². The van der Waals surface area contributed by atoms with E-state index in [1.807, 2.05) is 0 Å². The Morgan fingerprint density at radius 1 is 1.00 bits per heavy atom. The summed E-state index contributed by atoms with van der Waals surface area (Å²) in [5.74, 6) is 0.508. The fourth-order valence-electron chi connectivity index (χ4n) is 2.46. The first kappa shape index (κ1) is 10.8. The first-order chi connectivity index (χ1) is 8.25. The molecule has 0 bridgehead atoms. The molecule has 1 aliphatic carbocycles. The third kappa shape index (κ3) is 1.85. The molecule has 0 saturated heterocycles. The number of rotatable bonds is 1. The van der Waals surface area contributed by atoms with Crippen LogP contribution in [-0.2, 0) is 0 Å². The van der Waals surface area contributed by atoms with E-state index in [0.29, 0.717) is 5.92 Å². The van der Waals surface area contributed by atoms with Gasteiger partial charge in [-0.25, -0.2) is 0 Å². The molecule has 0 nitrogen and oxygen atoms in total. The van der Waals surface area contributed by atoms with Crippen molar-refractivity contribution < 1.29 is 0 Å². The van der Waals surface area contributed by atoms with Gasteiger partial charge in [-0.3, -0.25) is 0 Å². The summed E-state index contributed by atoms with van der Waals surface area (Å²) in [6.45, 7) is 2.25. The topological polar surface area (TPSA) is 0 Å². The SMILES string of the molecule is CC1C=C(c2ccccc2)c2cc(Br)ccc21. The van der Waals surface area contributed by atoms with Crippen LogP contribution >= 0.6 is 15.9 Å². The monoisotopic (exact) mass is 284 g/mol. The third-order valence-electron chi connectivity index (χ3n) is 3.30. The zero-order valence-electron chi connectivity index (χ0n) is 9.65. The van der Waals surface area contributed by atoms with Crippen LogP contribution in [0.15, 0.2) is 59.1 Å². The van der Waals surface area contributed by atoms with Gasteiger partial charge in [0.05, 0.1) is 0 Å². The minimum absolute atomic E-state index is 0.508. The molecule has 0 saturated carbocycles. The molecule has 17 heavy (non-hydrogen) atoms. The maximum Gasteiger partial charge on any atom is 0.0181 e. The quantitative estimate of drug-likeness (QED) is 0.691. The molecule has 0 fully saturated rings. The van der Waals surface area contributed by atoms with E-state index in [0.717, 1.165) is 4.47 Å². The third-order valence-corrected chi connectivity index (χ3v) is 3.79. The standard InChI is InChI=1S/C16H13Br/c1-11-9-15(12-5-3-2-4-6-12)16-10-13(17)7-8-14(11)16/h2-11H,1H3. The fourth-order valence-corrected chi connectivity index (χ4v) is 2.82. The molecule has 1 atom stereocenters. The zero-order chi connectivity index (χ0) is 11.8. The Bertz CT molecular complexity index is 582. The van der Waals surface area contributed by atoms with Gasteiger partial charge in [-0.05, 0) is 34.4 Å². The molecule has 1 aliphatic rings. The Morgan fingerprint density at radius 2 is 1.76 bits per heavy atom. The Labute approximate surface area is 110 Å². The highest BCUT2D eigenvalue weighted by Gasteiger charge is 2.20. The minimum Gasteiger partial charge on any atom is -0.0688 e. The van der Waals surface area contributed by atoms with Crippen molar-refractivity contribution in [2.45, 2.75) is 12.8 Å². The lowest BCUT2D eigenvalue weighted by molar-refractivity contribution is 0.989. The van der Waals surface area contributed by atoms with Gasteiger partial charge in [-0.1, -0.05) is 65.3 Å². The molecule has 3 rings (SSSR count). The second kappa shape index (κ2) is 4.15. The molecule has 0 N–H and O–H groups in total. The van der Waals surface area contributed by atoms with Gasteiger partial charge in [0.25, 0.3) is 0 Å². The Morgan fingerprint density at radius 3 is 2.53 bits per heavy atom. The van der Waals surface area contributed by atoms with Gasteiger partial charge >= 0.3 is 0 Å². The lowest BCUT2D eigenvalue weighted by Gasteiger charge is -2.07. The van der Waals surface area contributed by atoms with Gasteiger partial charge in [-0.15, -0.1) is 0 Å². The highest BCUT2D eigenvalue weighted by Crippen LogP contribution is 2.40. The molecule has 2 aromatic rings. The van der Waals surface area contributed by atoms with E-state index in [-0.39, 0.29) is 0 Å². The second-order valence-corrected chi connectivity index (χ2v) is 5.38. The first-order valence-electron chi connectivity index (χ1n) is 5.83. The summed E-state index contributed by atoms with van der Waals surface area (Å²) in [5.41, 5.74) is 5.44. The van der Waals surface area contributed by atoms with Crippen molar-refractivity contribution in [3.8, 4) is 0 Å². The van der Waals surface area contributed by atoms with Crippen LogP contribution in [0.5, 0.6) is 0 Å². The van der Waals surface area contributed by atoms with Crippen LogP contribution in [0.4, 0.5) is 0 Å². The summed E-state index contributed by atoms with van der Waals surface area (Å²) >= 11 is 3.56. The zero-order valence-corrected chi connectivity index (χ0v) is 11.2. The lowest BCUT2D eigenvalue weighted by Crippen LogP contribution is -1.88. The van der Waals surface area contributed by atoms with Crippen molar-refractivity contribution in [3.05, 3.63) is 75.8 Å². The number of benzene rings is 2. The van der Waals surface area contributed by atoms with Gasteiger partial charge < -0.3 is 0 Å². The maximum atomic E-state index is 3.56. The second-order valence-electron chi connectivity index (χ2n) is 4.47. The molecule has 84 valence electrons. The van der Waals surface area contributed by atoms with E-state index >= 15 is 0 Å². The highest BCUT2D eigenvalue weighted by molar-refractivity contribution is 9.10. The van der Waals surface area contributed by atoms with E-state index in [9.17, 15) is 0 Å². The molecule has 0 heterocycles. The smallest absolute Gasteiger partial charge is 0.0181 e. The molecule has 0 aliphatic heterocycles. The summed E-state index contributed by atoms with van der Waals surface area (Å²) in [5, 5.41) is 0. The van der Waals surface area contributed by atoms with Crippen LogP contribution in [0.25, 0.3) is 5.57 Å². The molecule has 1 heteroatoms. The molecule has 2 aromatic carbocycles. The molecule has 1 unspecified atom stereocenters. The van der Waals surface area contributed by atoms with Crippen molar-refractivity contribution in [1.82, 2.24) is 0 Å². The normalized spacial score (nSPS) is 17.8. The van der Waals surface area contributed by atoms with Gasteiger partial charge in [0.15, 0.2) is 0 Å². The number of hydrogen-bond acceptors (Lipinski definition) is 0. The van der Waals surface area contributed by atoms with E-state index in [4.69, 9.17) is 0 Å². The summed E-state index contributed by atoms with van der Waals surface area (Å²) in [4.78, 5) is 0. The molecular formula is C16H13Br. The molecular weight excluding hydrogens is 272 g/mol. The van der Waals surface area contributed by atoms with Crippen molar-refractivity contribution in [1.29, 1.82) is 0 Å². The predicted octanol–water partition coefficient (Wildman–Crippen LogP) is 5.00. The minimum atomic E-state index is 0.508. The van der Waals surface area contributed by atoms with Crippen LogP contribution in [-0.4, -0.2) is 0 Å². The Balaban J connectivity index is 2.17. The van der Waals surface area contributed by atoms with Crippen LogP contribution in [0.2, 0.25) is 0 Å². The van der Waals surface area contributed by atoms with Gasteiger partial charge in [0.1, 0.15) is 0 Å². The predicted molar refractivity (Wildman–Crippen MR) is 76.1 cm³/mol. The maximum absolute atomic E-state index is 3.56. The van der Waals surface area contributed by atoms with Gasteiger partial charge in [0, 0.05) is 10.4 Å². The molecule has 0 aromatic heterocycles. The van der Waals surface area contributed by atoms with Crippen molar-refractivity contribution in [2.75, 3.05) is 0 Å². The van der Waals surface area contributed by atoms with Crippen LogP contribution in [0.3, 0.4) is 0 Å². The number of hydrogen-bond donors (Lipinski definition) is 0. The van der Waals surface area contributed by atoms with E-state index in [1.165, 1.54) is 22.3 Å². The van der Waals surface area contributed by atoms with E-state index in [2.05, 4.69) is 77.5 Å². The Kier molecular flexibility index (Phi) is 2.64. The highest BCUT2D eigenvalue weighted by atomic mass is 79.9. The van der Waals surface area contributed by atoms with Crippen LogP contribution in [0.1, 0.15) is 29.5 Å². The fraction of sp³-hybridized carbons (Fsp3) is 0.125. The summed E-state index contributed by atoms with van der Waals surface area (Å²) in [6.07, 6.45) is 2.35. The van der Waals surface area contributed by atoms with Gasteiger partial charge in [-0.2, -0.15) is 0 Å². The number of fused-ring (bicyclic) bond motifs is 1. The van der Waals surface area contributed by atoms with Crippen LogP contribution in [0, 0.1) is 0 Å². The Hall–Kier alpha value is -1.34. The number of allylic oxidation sites excluding steroid dienone is 1. The average molecular weight is 285 g/mol. The lowest BCUT2D eigenvalue weighted by atomic mass is 9.98.